The van der Waals surface area contributed by atoms with Crippen LogP contribution in [0.15, 0.2) is 64.6 Å². The Morgan fingerprint density at radius 1 is 1.13 bits per heavy atom. The number of nitrogens with zero attached hydrogens (tertiary/aromatic N) is 3. The molecule has 1 aromatic carbocycles. The predicted molar refractivity (Wildman–Crippen MR) is 84.6 cm³/mol. The molecule has 0 unspecified atom stereocenters. The molecule has 0 N–H and O–H groups in total. The minimum atomic E-state index is 0.459. The van der Waals surface area contributed by atoms with E-state index in [0.29, 0.717) is 23.1 Å². The van der Waals surface area contributed by atoms with Gasteiger partial charge in [0.05, 0.1) is 11.8 Å². The monoisotopic (exact) mass is 309 g/mol. The van der Waals surface area contributed by atoms with Crippen LogP contribution in [0.3, 0.4) is 0 Å². The van der Waals surface area contributed by atoms with Crippen molar-refractivity contribution in [3.63, 3.8) is 0 Å². The average molecular weight is 309 g/mol. The fourth-order valence-electron chi connectivity index (χ4n) is 2.08. The van der Waals surface area contributed by atoms with E-state index in [1.807, 2.05) is 37.3 Å². The molecule has 6 nitrogen and oxygen atoms in total. The fourth-order valence-corrected chi connectivity index (χ4v) is 2.08. The molecular formula is C17H15N3O3. The quantitative estimate of drug-likeness (QED) is 0.532. The van der Waals surface area contributed by atoms with Gasteiger partial charge in [0.15, 0.2) is 11.5 Å². The maximum Gasteiger partial charge on any atom is 0.222 e. The van der Waals surface area contributed by atoms with E-state index in [1.165, 1.54) is 13.4 Å². The minimum absolute atomic E-state index is 0.459. The second-order valence-corrected chi connectivity index (χ2v) is 4.70. The molecule has 0 aliphatic heterocycles. The first-order chi connectivity index (χ1) is 11.3. The van der Waals surface area contributed by atoms with Crippen molar-refractivity contribution in [1.29, 1.82) is 0 Å². The first kappa shape index (κ1) is 14.8. The average Bonchev–Trinajstić information content (AvgIpc) is 3.08. The van der Waals surface area contributed by atoms with Crippen molar-refractivity contribution in [2.75, 3.05) is 7.11 Å². The second-order valence-electron chi connectivity index (χ2n) is 4.70. The number of rotatable bonds is 5. The number of benzene rings is 1. The molecule has 0 saturated carbocycles. The third-order valence-electron chi connectivity index (χ3n) is 3.07. The Labute approximate surface area is 133 Å². The van der Waals surface area contributed by atoms with Crippen molar-refractivity contribution in [3.05, 3.63) is 72.1 Å². The summed E-state index contributed by atoms with van der Waals surface area (Å²) >= 11 is 0. The first-order valence-corrected chi connectivity index (χ1v) is 6.99. The van der Waals surface area contributed by atoms with Crippen molar-refractivity contribution in [2.24, 2.45) is 5.16 Å². The van der Waals surface area contributed by atoms with Crippen LogP contribution in [0, 0.1) is 6.92 Å². The molecule has 2 heterocycles. The highest BCUT2D eigenvalue weighted by molar-refractivity contribution is 6.12. The van der Waals surface area contributed by atoms with E-state index < -0.39 is 0 Å². The van der Waals surface area contributed by atoms with Crippen LogP contribution >= 0.6 is 0 Å². The maximum absolute atomic E-state index is 5.89. The standard InChI is InChI=1S/C17H15N3O3/c1-12-10-16(19-11-18-12)23-14-7-4-3-6-13(14)17(20-21-2)15-8-5-9-22-15/h3-11H,1-2H3/b20-17+. The zero-order chi connectivity index (χ0) is 16.1. The summed E-state index contributed by atoms with van der Waals surface area (Å²) in [5.41, 5.74) is 2.10. The Balaban J connectivity index is 2.01. The summed E-state index contributed by atoms with van der Waals surface area (Å²) in [6, 6.07) is 12.8. The van der Waals surface area contributed by atoms with Crippen LogP contribution in [-0.4, -0.2) is 22.8 Å². The summed E-state index contributed by atoms with van der Waals surface area (Å²) in [4.78, 5) is 13.1. The van der Waals surface area contributed by atoms with Crippen LogP contribution in [0.4, 0.5) is 0 Å². The van der Waals surface area contributed by atoms with E-state index in [2.05, 4.69) is 15.1 Å². The second kappa shape index (κ2) is 6.74. The highest BCUT2D eigenvalue weighted by Gasteiger charge is 2.16. The normalized spacial score (nSPS) is 11.3. The largest absolute Gasteiger partial charge is 0.463 e. The Kier molecular flexibility index (Phi) is 4.33. The van der Waals surface area contributed by atoms with E-state index in [1.54, 1.807) is 18.4 Å². The van der Waals surface area contributed by atoms with Crippen LogP contribution in [0.5, 0.6) is 11.6 Å². The highest BCUT2D eigenvalue weighted by Crippen LogP contribution is 2.27. The van der Waals surface area contributed by atoms with E-state index in [9.17, 15) is 0 Å². The van der Waals surface area contributed by atoms with Gasteiger partial charge in [0, 0.05) is 11.8 Å². The lowest BCUT2D eigenvalue weighted by Gasteiger charge is -2.11. The SMILES string of the molecule is CO/N=C(/c1ccco1)c1ccccc1Oc1cc(C)ncn1. The Morgan fingerprint density at radius 2 is 2.00 bits per heavy atom. The minimum Gasteiger partial charge on any atom is -0.463 e. The molecule has 0 aliphatic rings. The van der Waals surface area contributed by atoms with Gasteiger partial charge in [-0.15, -0.1) is 0 Å². The molecule has 0 aliphatic carbocycles. The summed E-state index contributed by atoms with van der Waals surface area (Å²) < 4.78 is 11.3. The van der Waals surface area contributed by atoms with E-state index in [4.69, 9.17) is 14.0 Å². The van der Waals surface area contributed by atoms with Gasteiger partial charge in [-0.05, 0) is 31.2 Å². The Bertz CT molecular complexity index is 813. The van der Waals surface area contributed by atoms with Gasteiger partial charge in [-0.1, -0.05) is 17.3 Å². The van der Waals surface area contributed by atoms with Gasteiger partial charge < -0.3 is 14.0 Å². The lowest BCUT2D eigenvalue weighted by molar-refractivity contribution is 0.213. The highest BCUT2D eigenvalue weighted by atomic mass is 16.6. The topological polar surface area (TPSA) is 69.7 Å². The van der Waals surface area contributed by atoms with Crippen molar-refractivity contribution < 1.29 is 14.0 Å². The van der Waals surface area contributed by atoms with Crippen LogP contribution in [-0.2, 0) is 4.84 Å². The molecule has 0 amide bonds. The van der Waals surface area contributed by atoms with Gasteiger partial charge >= 0.3 is 0 Å². The molecule has 0 spiro atoms. The molecule has 0 fully saturated rings. The molecule has 116 valence electrons. The molecule has 3 rings (SSSR count). The lowest BCUT2D eigenvalue weighted by Crippen LogP contribution is -2.05. The van der Waals surface area contributed by atoms with Crippen molar-refractivity contribution in [2.45, 2.75) is 6.92 Å². The number of para-hydroxylation sites is 1. The number of aromatic nitrogens is 2. The van der Waals surface area contributed by atoms with Crippen LogP contribution in [0.2, 0.25) is 0 Å². The van der Waals surface area contributed by atoms with Gasteiger partial charge in [-0.2, -0.15) is 0 Å². The van der Waals surface area contributed by atoms with E-state index in [0.717, 1.165) is 11.3 Å². The number of hydrogen-bond donors (Lipinski definition) is 0. The number of aryl methyl sites for hydroxylation is 1. The predicted octanol–water partition coefficient (Wildman–Crippen LogP) is 3.57. The van der Waals surface area contributed by atoms with E-state index >= 15 is 0 Å². The summed E-state index contributed by atoms with van der Waals surface area (Å²) in [7, 11) is 1.49. The summed E-state index contributed by atoms with van der Waals surface area (Å²) in [6.45, 7) is 1.88. The van der Waals surface area contributed by atoms with Crippen LogP contribution in [0.25, 0.3) is 0 Å². The number of hydrogen-bond acceptors (Lipinski definition) is 6. The van der Waals surface area contributed by atoms with Gasteiger partial charge in [-0.3, -0.25) is 0 Å². The van der Waals surface area contributed by atoms with Crippen molar-refractivity contribution >= 4 is 5.71 Å². The van der Waals surface area contributed by atoms with Gasteiger partial charge in [0.2, 0.25) is 5.88 Å². The molecular weight excluding hydrogens is 294 g/mol. The fraction of sp³-hybridized carbons (Fsp3) is 0.118. The van der Waals surface area contributed by atoms with Crippen molar-refractivity contribution in [1.82, 2.24) is 9.97 Å². The summed E-state index contributed by atoms with van der Waals surface area (Å²) in [5, 5.41) is 4.07. The third kappa shape index (κ3) is 3.37. The van der Waals surface area contributed by atoms with Crippen LogP contribution < -0.4 is 4.74 Å². The number of furan rings is 1. The number of oxime groups is 1. The third-order valence-corrected chi connectivity index (χ3v) is 3.07. The number of ether oxygens (including phenoxy) is 1. The molecule has 23 heavy (non-hydrogen) atoms. The van der Waals surface area contributed by atoms with Gasteiger partial charge in [0.1, 0.15) is 19.2 Å². The van der Waals surface area contributed by atoms with Gasteiger partial charge in [0.25, 0.3) is 0 Å². The molecule has 0 radical (unpaired) electrons. The Morgan fingerprint density at radius 3 is 2.74 bits per heavy atom. The molecule has 0 saturated heterocycles. The maximum atomic E-state index is 5.89. The van der Waals surface area contributed by atoms with E-state index in [-0.39, 0.29) is 0 Å². The Hall–Kier alpha value is -3.15. The smallest absolute Gasteiger partial charge is 0.222 e. The summed E-state index contributed by atoms with van der Waals surface area (Å²) in [5.74, 6) is 1.64. The molecule has 0 atom stereocenters. The zero-order valence-corrected chi connectivity index (χ0v) is 12.8. The molecule has 3 aromatic rings. The van der Waals surface area contributed by atoms with Gasteiger partial charge in [-0.25, -0.2) is 9.97 Å². The zero-order valence-electron chi connectivity index (χ0n) is 12.8. The molecule has 2 aromatic heterocycles. The molecule has 0 bridgehead atoms. The van der Waals surface area contributed by atoms with Crippen molar-refractivity contribution in [3.8, 4) is 11.6 Å². The summed E-state index contributed by atoms with van der Waals surface area (Å²) in [6.07, 6.45) is 3.04. The first-order valence-electron chi connectivity index (χ1n) is 6.99. The van der Waals surface area contributed by atoms with Crippen LogP contribution in [0.1, 0.15) is 17.0 Å². The molecule has 6 heteroatoms. The lowest BCUT2D eigenvalue weighted by atomic mass is 10.1.